The van der Waals surface area contributed by atoms with Gasteiger partial charge in [0.15, 0.2) is 0 Å². The van der Waals surface area contributed by atoms with Crippen molar-refractivity contribution in [3.63, 3.8) is 0 Å². The van der Waals surface area contributed by atoms with Crippen molar-refractivity contribution in [1.82, 2.24) is 10.1 Å². The van der Waals surface area contributed by atoms with Gasteiger partial charge in [-0.05, 0) is 172 Å². The Labute approximate surface area is 339 Å². The van der Waals surface area contributed by atoms with E-state index in [9.17, 15) is 19.8 Å². The largest absolute Gasteiger partial charge is 0.393 e. The second-order valence-corrected chi connectivity index (χ2v) is 21.4. The van der Waals surface area contributed by atoms with E-state index in [1.807, 2.05) is 0 Å². The summed E-state index contributed by atoms with van der Waals surface area (Å²) in [5.41, 5.74) is 4.19. The van der Waals surface area contributed by atoms with Crippen molar-refractivity contribution in [2.75, 3.05) is 28.3 Å². The third-order valence-electron chi connectivity index (χ3n) is 19.5. The van der Waals surface area contributed by atoms with Gasteiger partial charge in [0.2, 0.25) is 11.8 Å². The van der Waals surface area contributed by atoms with E-state index in [4.69, 9.17) is 9.68 Å². The Bertz CT molecular complexity index is 1430. The minimum Gasteiger partial charge on any atom is -0.393 e. The van der Waals surface area contributed by atoms with Crippen molar-refractivity contribution in [3.05, 3.63) is 23.3 Å². The van der Waals surface area contributed by atoms with Gasteiger partial charge in [0.25, 0.3) is 0 Å². The first-order valence-corrected chi connectivity index (χ1v) is 22.8. The molecule has 0 radical (unpaired) electrons. The van der Waals surface area contributed by atoms with Crippen LogP contribution in [0.15, 0.2) is 23.3 Å². The van der Waals surface area contributed by atoms with Crippen LogP contribution in [0.2, 0.25) is 0 Å². The Morgan fingerprint density at radius 3 is 1.34 bits per heavy atom. The molecule has 0 unspecified atom stereocenters. The fourth-order valence-corrected chi connectivity index (χ4v) is 16.1. The second-order valence-electron chi connectivity index (χ2n) is 21.4. The lowest BCUT2D eigenvalue weighted by atomic mass is 9.47. The van der Waals surface area contributed by atoms with Crippen LogP contribution in [0.4, 0.5) is 0 Å². The lowest BCUT2D eigenvalue weighted by molar-refractivity contribution is -0.177. The Morgan fingerprint density at radius 2 is 0.982 bits per heavy atom. The van der Waals surface area contributed by atoms with Crippen LogP contribution in [0.5, 0.6) is 0 Å². The highest BCUT2D eigenvalue weighted by Gasteiger charge is 2.61. The van der Waals surface area contributed by atoms with Crippen LogP contribution in [0, 0.1) is 80.8 Å². The van der Waals surface area contributed by atoms with E-state index in [-0.39, 0.29) is 46.7 Å². The van der Waals surface area contributed by atoms with Crippen LogP contribution in [0.1, 0.15) is 144 Å². The fraction of sp³-hybridized carbons (Fsp3) is 0.875. The van der Waals surface area contributed by atoms with Crippen LogP contribution >= 0.6 is 0 Å². The molecule has 8 rings (SSSR count). The maximum atomic E-state index is 12.8. The lowest BCUT2D eigenvalue weighted by Crippen LogP contribution is -2.51. The van der Waals surface area contributed by atoms with E-state index in [0.717, 1.165) is 74.0 Å². The molecule has 56 heavy (non-hydrogen) atoms. The third-order valence-corrected chi connectivity index (χ3v) is 19.5. The molecule has 0 aromatic carbocycles. The molecule has 16 atom stereocenters. The monoisotopic (exact) mass is 779 g/mol. The van der Waals surface area contributed by atoms with E-state index in [1.165, 1.54) is 85.5 Å². The van der Waals surface area contributed by atoms with E-state index >= 15 is 0 Å². The standard InChI is InChI=1S/2C24H39NO3/c2*1-15(22(27)25(4)28-5)19-8-9-20-18-7-6-16-14-17(26)10-12-23(16,2)21(18)11-13-24(19,20)3/h2*6,15,17-21,26H,7-14H2,1-5H3/t2*15-,17-,18-,19+,20-,21-,23-,24+/m00/s1. The molecule has 0 spiro atoms. The quantitative estimate of drug-likeness (QED) is 0.206. The molecule has 0 heterocycles. The molecule has 0 aromatic heterocycles. The molecule has 0 aromatic rings. The van der Waals surface area contributed by atoms with E-state index in [2.05, 4.69) is 53.7 Å². The summed E-state index contributed by atoms with van der Waals surface area (Å²) in [7, 11) is 6.61. The van der Waals surface area contributed by atoms with Crippen molar-refractivity contribution in [3.8, 4) is 0 Å². The number of hydrogen-bond acceptors (Lipinski definition) is 6. The van der Waals surface area contributed by atoms with Crippen LogP contribution in [0.3, 0.4) is 0 Å². The minimum absolute atomic E-state index is 0.0200. The highest BCUT2D eigenvalue weighted by molar-refractivity contribution is 5.78. The van der Waals surface area contributed by atoms with Gasteiger partial charge in [-0.15, -0.1) is 0 Å². The number of carbonyl (C=O) groups is 2. The molecule has 8 aliphatic carbocycles. The van der Waals surface area contributed by atoms with Gasteiger partial charge in [0, 0.05) is 25.9 Å². The molecule has 2 amide bonds. The fourth-order valence-electron chi connectivity index (χ4n) is 16.1. The van der Waals surface area contributed by atoms with Gasteiger partial charge in [0.1, 0.15) is 0 Å². The molecule has 0 saturated heterocycles. The van der Waals surface area contributed by atoms with Gasteiger partial charge in [-0.3, -0.25) is 19.3 Å². The normalized spacial score (nSPS) is 46.1. The molecular weight excluding hydrogens is 701 g/mol. The molecule has 316 valence electrons. The molecule has 6 saturated carbocycles. The number of aliphatic hydroxyl groups excluding tert-OH is 2. The van der Waals surface area contributed by atoms with Gasteiger partial charge in [0.05, 0.1) is 26.4 Å². The van der Waals surface area contributed by atoms with E-state index < -0.39 is 0 Å². The molecule has 8 aliphatic rings. The Kier molecular flexibility index (Phi) is 11.9. The van der Waals surface area contributed by atoms with E-state index in [0.29, 0.717) is 22.7 Å². The Balaban J connectivity index is 0.000000172. The van der Waals surface area contributed by atoms with Crippen LogP contribution in [0.25, 0.3) is 0 Å². The number of rotatable bonds is 6. The van der Waals surface area contributed by atoms with Crippen molar-refractivity contribution in [2.45, 2.75) is 156 Å². The first-order valence-electron chi connectivity index (χ1n) is 22.8. The molecule has 0 aliphatic heterocycles. The summed E-state index contributed by atoms with van der Waals surface area (Å²) in [5, 5.41) is 23.2. The summed E-state index contributed by atoms with van der Waals surface area (Å²) >= 11 is 0. The zero-order chi connectivity index (χ0) is 40.5. The van der Waals surface area contributed by atoms with E-state index in [1.54, 1.807) is 28.3 Å². The van der Waals surface area contributed by atoms with Crippen LogP contribution < -0.4 is 0 Å². The topological polar surface area (TPSA) is 99.5 Å². The third kappa shape index (κ3) is 6.79. The lowest BCUT2D eigenvalue weighted by Gasteiger charge is -2.58. The first kappa shape index (κ1) is 42.4. The first-order chi connectivity index (χ1) is 26.4. The highest BCUT2D eigenvalue weighted by Crippen LogP contribution is 2.69. The second kappa shape index (κ2) is 15.7. The number of hydrogen-bond donors (Lipinski definition) is 2. The molecule has 8 heteroatoms. The summed E-state index contributed by atoms with van der Waals surface area (Å²) in [6.45, 7) is 14.2. The van der Waals surface area contributed by atoms with Crippen LogP contribution in [-0.4, -0.2) is 72.7 Å². The molecule has 0 bridgehead atoms. The highest BCUT2D eigenvalue weighted by atomic mass is 16.7. The maximum absolute atomic E-state index is 12.8. The average molecular weight is 779 g/mol. The minimum atomic E-state index is -0.134. The Morgan fingerprint density at radius 1 is 0.607 bits per heavy atom. The van der Waals surface area contributed by atoms with Gasteiger partial charge in [-0.2, -0.15) is 0 Å². The number of amides is 2. The van der Waals surface area contributed by atoms with Crippen molar-refractivity contribution in [2.24, 2.45) is 80.8 Å². The van der Waals surface area contributed by atoms with Gasteiger partial charge in [-0.1, -0.05) is 64.8 Å². The van der Waals surface area contributed by atoms with Crippen molar-refractivity contribution < 1.29 is 29.5 Å². The summed E-state index contributed by atoms with van der Waals surface area (Å²) in [4.78, 5) is 36.0. The van der Waals surface area contributed by atoms with Crippen molar-refractivity contribution >= 4 is 11.8 Å². The number of allylic oxidation sites excluding steroid dienone is 2. The van der Waals surface area contributed by atoms with Crippen molar-refractivity contribution in [1.29, 1.82) is 0 Å². The summed E-state index contributed by atoms with van der Waals surface area (Å²) in [5.74, 6) is 5.63. The molecule has 2 N–H and O–H groups in total. The molecular formula is C48H78N2O6. The zero-order valence-electron chi connectivity index (χ0n) is 36.8. The predicted molar refractivity (Wildman–Crippen MR) is 220 cm³/mol. The van der Waals surface area contributed by atoms with Gasteiger partial charge in [-0.25, -0.2) is 10.1 Å². The number of carbonyl (C=O) groups excluding carboxylic acids is 2. The number of fused-ring (bicyclic) bond motifs is 10. The summed E-state index contributed by atoms with van der Waals surface area (Å²) in [6, 6.07) is 0. The van der Waals surface area contributed by atoms with Gasteiger partial charge < -0.3 is 10.2 Å². The summed E-state index contributed by atoms with van der Waals surface area (Å²) < 4.78 is 0. The zero-order valence-corrected chi connectivity index (χ0v) is 36.8. The number of nitrogens with zero attached hydrogens (tertiary/aromatic N) is 2. The Hall–Kier alpha value is -1.74. The summed E-state index contributed by atoms with van der Waals surface area (Å²) in [6.07, 6.45) is 22.9. The number of aliphatic hydroxyl groups is 2. The molecule has 6 fully saturated rings. The average Bonchev–Trinajstić information content (AvgIpc) is 3.73. The smallest absolute Gasteiger partial charge is 0.248 e. The molecule has 8 nitrogen and oxygen atoms in total. The van der Waals surface area contributed by atoms with Gasteiger partial charge >= 0.3 is 0 Å². The SMILES string of the molecule is CON(C)C(=O)[C@@H](C)[C@H]1CC[C@H]2[C@@H]3CC=C4C[C@@H](O)CC[C@]4(C)[C@H]3CC[C@]12C.CON(C)C(=O)[C@@H](C)[C@H]1CC[C@H]2[C@@H]3CC=C4C[C@@H](O)CC[C@]4(C)[C@H]3CC[C@]12C. The number of hydroxylamine groups is 4. The van der Waals surface area contributed by atoms with Crippen LogP contribution in [-0.2, 0) is 19.3 Å². The maximum Gasteiger partial charge on any atom is 0.248 e. The predicted octanol–water partition coefficient (Wildman–Crippen LogP) is 9.16.